The van der Waals surface area contributed by atoms with Crippen LogP contribution in [0, 0.1) is 5.92 Å². The first-order chi connectivity index (χ1) is 9.06. The van der Waals surface area contributed by atoms with Gasteiger partial charge in [0.1, 0.15) is 0 Å². The van der Waals surface area contributed by atoms with E-state index in [0.29, 0.717) is 12.5 Å². The molecule has 0 aromatic heterocycles. The molecule has 0 aliphatic carbocycles. The van der Waals surface area contributed by atoms with Crippen LogP contribution in [0.25, 0.3) is 0 Å². The van der Waals surface area contributed by atoms with Crippen LogP contribution in [-0.2, 0) is 4.79 Å². The van der Waals surface area contributed by atoms with Crippen LogP contribution in [0.5, 0.6) is 0 Å². The van der Waals surface area contributed by atoms with Gasteiger partial charge in [-0.3, -0.25) is 14.6 Å². The number of carbonyl (C=O) groups excluding carboxylic acids is 1. The Labute approximate surface area is 117 Å². The average Bonchev–Trinajstić information content (AvgIpc) is 2.40. The Kier molecular flexibility index (Phi) is 7.34. The topological polar surface area (TPSA) is 55.8 Å². The Bertz CT molecular complexity index is 259. The number of aliphatic hydroxyl groups is 1. The molecule has 2 N–H and O–H groups in total. The second-order valence-electron chi connectivity index (χ2n) is 5.75. The zero-order valence-electron chi connectivity index (χ0n) is 12.6. The summed E-state index contributed by atoms with van der Waals surface area (Å²) in [5.41, 5.74) is 0. The van der Waals surface area contributed by atoms with Crippen LogP contribution < -0.4 is 5.32 Å². The van der Waals surface area contributed by atoms with Gasteiger partial charge in [-0.2, -0.15) is 0 Å². The van der Waals surface area contributed by atoms with Crippen LogP contribution in [0.1, 0.15) is 27.2 Å². The maximum absolute atomic E-state index is 11.7. The van der Waals surface area contributed by atoms with Gasteiger partial charge in [0.05, 0.1) is 13.2 Å². The maximum Gasteiger partial charge on any atom is 0.234 e. The Hall–Kier alpha value is -0.650. The smallest absolute Gasteiger partial charge is 0.234 e. The quantitative estimate of drug-likeness (QED) is 0.692. The summed E-state index contributed by atoms with van der Waals surface area (Å²) in [6.07, 6.45) is 0.978. The summed E-state index contributed by atoms with van der Waals surface area (Å²) >= 11 is 0. The summed E-state index contributed by atoms with van der Waals surface area (Å²) in [6.45, 7) is 11.5. The summed E-state index contributed by atoms with van der Waals surface area (Å²) in [4.78, 5) is 16.2. The Morgan fingerprint density at radius 1 is 1.26 bits per heavy atom. The van der Waals surface area contributed by atoms with Crippen molar-refractivity contribution in [3.05, 3.63) is 0 Å². The Morgan fingerprint density at radius 3 is 2.37 bits per heavy atom. The van der Waals surface area contributed by atoms with Crippen molar-refractivity contribution in [3.8, 4) is 0 Å². The predicted octanol–water partition coefficient (Wildman–Crippen LogP) is 0.147. The minimum atomic E-state index is 0.122. The third-order valence-electron chi connectivity index (χ3n) is 3.68. The van der Waals surface area contributed by atoms with Crippen molar-refractivity contribution in [2.24, 2.45) is 5.92 Å². The summed E-state index contributed by atoms with van der Waals surface area (Å²) in [5, 5.41) is 12.2. The van der Waals surface area contributed by atoms with Crippen LogP contribution in [0.4, 0.5) is 0 Å². The number of aliphatic hydroxyl groups excluding tert-OH is 1. The fourth-order valence-electron chi connectivity index (χ4n) is 2.37. The van der Waals surface area contributed by atoms with Gasteiger partial charge in [-0.25, -0.2) is 0 Å². The standard InChI is InChI=1S/C14H29N3O2/c1-4-13(11-18)17-7-5-16(6-8-17)10-14(19)15-9-12(2)3/h12-13,18H,4-11H2,1-3H3,(H,15,19). The maximum atomic E-state index is 11.7. The molecule has 0 aromatic carbocycles. The highest BCUT2D eigenvalue weighted by Crippen LogP contribution is 2.08. The van der Waals surface area contributed by atoms with E-state index in [1.165, 1.54) is 0 Å². The van der Waals surface area contributed by atoms with Crippen molar-refractivity contribution < 1.29 is 9.90 Å². The van der Waals surface area contributed by atoms with E-state index < -0.39 is 0 Å². The van der Waals surface area contributed by atoms with Gasteiger partial charge in [0.15, 0.2) is 0 Å². The molecule has 1 aliphatic heterocycles. The lowest BCUT2D eigenvalue weighted by Gasteiger charge is -2.38. The van der Waals surface area contributed by atoms with Crippen molar-refractivity contribution in [3.63, 3.8) is 0 Å². The first-order valence-electron chi connectivity index (χ1n) is 7.40. The molecule has 1 heterocycles. The van der Waals surface area contributed by atoms with Crippen molar-refractivity contribution in [1.29, 1.82) is 0 Å². The van der Waals surface area contributed by atoms with Crippen LogP contribution in [0.3, 0.4) is 0 Å². The van der Waals surface area contributed by atoms with Crippen molar-refractivity contribution >= 4 is 5.91 Å². The monoisotopic (exact) mass is 271 g/mol. The molecule has 1 amide bonds. The van der Waals surface area contributed by atoms with Crippen LogP contribution >= 0.6 is 0 Å². The Morgan fingerprint density at radius 2 is 1.89 bits per heavy atom. The highest BCUT2D eigenvalue weighted by atomic mass is 16.3. The number of piperazine rings is 1. The van der Waals surface area contributed by atoms with Crippen LogP contribution in [-0.4, -0.2) is 72.7 Å². The summed E-state index contributed by atoms with van der Waals surface area (Å²) in [7, 11) is 0. The number of nitrogens with one attached hydrogen (secondary N) is 1. The predicted molar refractivity (Wildman–Crippen MR) is 77.0 cm³/mol. The minimum absolute atomic E-state index is 0.122. The van der Waals surface area contributed by atoms with E-state index in [4.69, 9.17) is 0 Å². The first kappa shape index (κ1) is 16.4. The number of nitrogens with zero attached hydrogens (tertiary/aromatic N) is 2. The number of hydrogen-bond acceptors (Lipinski definition) is 4. The third kappa shape index (κ3) is 5.89. The van der Waals surface area contributed by atoms with Crippen molar-refractivity contribution in [1.82, 2.24) is 15.1 Å². The van der Waals surface area contributed by atoms with Crippen molar-refractivity contribution in [2.75, 3.05) is 45.9 Å². The SMILES string of the molecule is CCC(CO)N1CCN(CC(=O)NCC(C)C)CC1. The second-order valence-corrected chi connectivity index (χ2v) is 5.75. The lowest BCUT2D eigenvalue weighted by molar-refractivity contribution is -0.122. The van der Waals surface area contributed by atoms with Crippen LogP contribution in [0.2, 0.25) is 0 Å². The Balaban J connectivity index is 2.24. The fourth-order valence-corrected chi connectivity index (χ4v) is 2.37. The fraction of sp³-hybridized carbons (Fsp3) is 0.929. The highest BCUT2D eigenvalue weighted by molar-refractivity contribution is 5.78. The number of hydrogen-bond donors (Lipinski definition) is 2. The molecular weight excluding hydrogens is 242 g/mol. The van der Waals surface area contributed by atoms with Gasteiger partial charge >= 0.3 is 0 Å². The van der Waals surface area contributed by atoms with Crippen LogP contribution in [0.15, 0.2) is 0 Å². The highest BCUT2D eigenvalue weighted by Gasteiger charge is 2.23. The zero-order valence-corrected chi connectivity index (χ0v) is 12.6. The first-order valence-corrected chi connectivity index (χ1v) is 7.40. The molecule has 1 unspecified atom stereocenters. The molecule has 0 bridgehead atoms. The molecule has 1 rings (SSSR count). The largest absolute Gasteiger partial charge is 0.395 e. The molecule has 0 aromatic rings. The molecule has 0 radical (unpaired) electrons. The molecule has 0 spiro atoms. The van der Waals surface area contributed by atoms with E-state index in [2.05, 4.69) is 35.9 Å². The van der Waals surface area contributed by atoms with E-state index >= 15 is 0 Å². The second kappa shape index (κ2) is 8.51. The summed E-state index contributed by atoms with van der Waals surface area (Å²) in [6, 6.07) is 0.275. The zero-order chi connectivity index (χ0) is 14.3. The molecule has 1 atom stereocenters. The molecule has 1 fully saturated rings. The van der Waals surface area contributed by atoms with Gasteiger partial charge in [-0.15, -0.1) is 0 Å². The summed E-state index contributed by atoms with van der Waals surface area (Å²) in [5.74, 6) is 0.618. The lowest BCUT2D eigenvalue weighted by Crippen LogP contribution is -2.53. The number of carbonyl (C=O) groups is 1. The van der Waals surface area contributed by atoms with E-state index in [9.17, 15) is 9.90 Å². The summed E-state index contributed by atoms with van der Waals surface area (Å²) < 4.78 is 0. The van der Waals surface area contributed by atoms with E-state index in [1.54, 1.807) is 0 Å². The lowest BCUT2D eigenvalue weighted by atomic mass is 10.1. The number of rotatable bonds is 7. The van der Waals surface area contributed by atoms with Gasteiger partial charge in [-0.05, 0) is 12.3 Å². The molecule has 5 nitrogen and oxygen atoms in total. The van der Waals surface area contributed by atoms with Gasteiger partial charge in [-0.1, -0.05) is 20.8 Å². The van der Waals surface area contributed by atoms with E-state index in [0.717, 1.165) is 39.1 Å². The molecule has 112 valence electrons. The molecule has 1 saturated heterocycles. The van der Waals surface area contributed by atoms with Gasteiger partial charge in [0.25, 0.3) is 0 Å². The normalized spacial score (nSPS) is 19.6. The van der Waals surface area contributed by atoms with Gasteiger partial charge in [0, 0.05) is 38.8 Å². The molecular formula is C14H29N3O2. The average molecular weight is 271 g/mol. The van der Waals surface area contributed by atoms with Gasteiger partial charge < -0.3 is 10.4 Å². The molecule has 5 heteroatoms. The van der Waals surface area contributed by atoms with E-state index in [-0.39, 0.29) is 18.6 Å². The third-order valence-corrected chi connectivity index (χ3v) is 3.68. The van der Waals surface area contributed by atoms with E-state index in [1.807, 2.05) is 0 Å². The molecule has 0 saturated carbocycles. The molecule has 1 aliphatic rings. The minimum Gasteiger partial charge on any atom is -0.395 e. The number of amides is 1. The molecule has 19 heavy (non-hydrogen) atoms. The van der Waals surface area contributed by atoms with Crippen molar-refractivity contribution in [2.45, 2.75) is 33.2 Å². The van der Waals surface area contributed by atoms with Gasteiger partial charge in [0.2, 0.25) is 5.91 Å².